The smallest absolute Gasteiger partial charge is 0.0931 e. The zero-order valence-corrected chi connectivity index (χ0v) is 11.4. The topological polar surface area (TPSA) is 57.9 Å². The molecule has 2 unspecified atom stereocenters. The lowest BCUT2D eigenvalue weighted by Gasteiger charge is -2.25. The van der Waals surface area contributed by atoms with E-state index in [1.807, 2.05) is 0 Å². The lowest BCUT2D eigenvalue weighted by Crippen LogP contribution is -2.23. The van der Waals surface area contributed by atoms with Crippen LogP contribution in [-0.4, -0.2) is 35.0 Å². The molecule has 0 aliphatic carbocycles. The molecule has 2 aromatic rings. The van der Waals surface area contributed by atoms with Crippen LogP contribution >= 0.6 is 0 Å². The Hall–Kier alpha value is -1.39. The zero-order chi connectivity index (χ0) is 13.1. The van der Waals surface area contributed by atoms with E-state index in [1.165, 1.54) is 5.56 Å². The molecular formula is C14H22N4. The number of aromatic amines is 1. The summed E-state index contributed by atoms with van der Waals surface area (Å²) in [7, 11) is 4.23. The second-order valence-electron chi connectivity index (χ2n) is 5.21. The van der Waals surface area contributed by atoms with Crippen LogP contribution in [0, 0.1) is 0 Å². The number of nitrogens with zero attached hydrogens (tertiary/aromatic N) is 2. The largest absolute Gasteiger partial charge is 0.345 e. The predicted octanol–water partition coefficient (Wildman–Crippen LogP) is 2.29. The molecule has 0 spiro atoms. The van der Waals surface area contributed by atoms with E-state index in [9.17, 15) is 0 Å². The van der Waals surface area contributed by atoms with E-state index in [-0.39, 0.29) is 6.04 Å². The van der Waals surface area contributed by atoms with Gasteiger partial charge in [-0.3, -0.25) is 0 Å². The van der Waals surface area contributed by atoms with Gasteiger partial charge in [-0.15, -0.1) is 0 Å². The molecule has 98 valence electrons. The van der Waals surface area contributed by atoms with E-state index in [0.717, 1.165) is 23.9 Å². The highest BCUT2D eigenvalue weighted by molar-refractivity contribution is 5.75. The molecule has 1 aromatic carbocycles. The van der Waals surface area contributed by atoms with Gasteiger partial charge in [-0.05, 0) is 51.6 Å². The van der Waals surface area contributed by atoms with Gasteiger partial charge in [0.15, 0.2) is 0 Å². The molecule has 0 saturated heterocycles. The van der Waals surface area contributed by atoms with E-state index >= 15 is 0 Å². The number of rotatable bonds is 5. The Morgan fingerprint density at radius 1 is 1.33 bits per heavy atom. The van der Waals surface area contributed by atoms with Gasteiger partial charge in [0.25, 0.3) is 0 Å². The van der Waals surface area contributed by atoms with Gasteiger partial charge in [-0.25, -0.2) is 4.98 Å². The lowest BCUT2D eigenvalue weighted by molar-refractivity contribution is 0.275. The van der Waals surface area contributed by atoms with Crippen molar-refractivity contribution >= 4 is 11.0 Å². The van der Waals surface area contributed by atoms with Gasteiger partial charge in [0, 0.05) is 12.1 Å². The minimum absolute atomic E-state index is 0.253. The third-order valence-electron chi connectivity index (χ3n) is 3.35. The number of hydrogen-bond acceptors (Lipinski definition) is 3. The summed E-state index contributed by atoms with van der Waals surface area (Å²) in [6, 6.07) is 7.08. The minimum atomic E-state index is 0.253. The molecule has 0 aliphatic heterocycles. The number of fused-ring (bicyclic) bond motifs is 1. The maximum atomic E-state index is 5.86. The number of nitrogens with one attached hydrogen (secondary N) is 1. The van der Waals surface area contributed by atoms with Gasteiger partial charge in [0.1, 0.15) is 0 Å². The number of hydrogen-bond donors (Lipinski definition) is 2. The van der Waals surface area contributed by atoms with Crippen LogP contribution in [0.2, 0.25) is 0 Å². The summed E-state index contributed by atoms with van der Waals surface area (Å²) < 4.78 is 0. The van der Waals surface area contributed by atoms with Crippen LogP contribution in [0.15, 0.2) is 24.5 Å². The van der Waals surface area contributed by atoms with Crippen molar-refractivity contribution in [2.75, 3.05) is 14.1 Å². The standard InChI is InChI=1S/C14H22N4/c1-10(15)4-7-14(18(2)3)11-5-6-12-13(8-11)17-9-16-12/h5-6,8-10,14H,4,7,15H2,1-3H3,(H,16,17). The van der Waals surface area contributed by atoms with E-state index in [0.29, 0.717) is 6.04 Å². The molecule has 3 N–H and O–H groups in total. The minimum Gasteiger partial charge on any atom is -0.345 e. The number of benzene rings is 1. The molecule has 0 aliphatic rings. The summed E-state index contributed by atoms with van der Waals surface area (Å²) in [4.78, 5) is 9.66. The van der Waals surface area contributed by atoms with Crippen LogP contribution in [0.5, 0.6) is 0 Å². The molecule has 0 bridgehead atoms. The molecule has 4 nitrogen and oxygen atoms in total. The highest BCUT2D eigenvalue weighted by atomic mass is 15.1. The average molecular weight is 246 g/mol. The first kappa shape index (κ1) is 13.1. The zero-order valence-electron chi connectivity index (χ0n) is 11.4. The molecule has 2 atom stereocenters. The molecule has 0 saturated carbocycles. The van der Waals surface area contributed by atoms with Crippen molar-refractivity contribution in [2.45, 2.75) is 31.8 Å². The second-order valence-corrected chi connectivity index (χ2v) is 5.21. The summed E-state index contributed by atoms with van der Waals surface area (Å²) in [5.41, 5.74) is 9.29. The third-order valence-corrected chi connectivity index (χ3v) is 3.35. The van der Waals surface area contributed by atoms with Crippen molar-refractivity contribution in [1.82, 2.24) is 14.9 Å². The quantitative estimate of drug-likeness (QED) is 0.851. The molecule has 4 heteroatoms. The number of aromatic nitrogens is 2. The number of H-pyrrole nitrogens is 1. The predicted molar refractivity (Wildman–Crippen MR) is 75.4 cm³/mol. The molecular weight excluding hydrogens is 224 g/mol. The molecule has 2 rings (SSSR count). The van der Waals surface area contributed by atoms with Crippen LogP contribution in [0.1, 0.15) is 31.4 Å². The fourth-order valence-electron chi connectivity index (χ4n) is 2.30. The van der Waals surface area contributed by atoms with Crippen molar-refractivity contribution in [2.24, 2.45) is 5.73 Å². The summed E-state index contributed by atoms with van der Waals surface area (Å²) in [6.45, 7) is 2.06. The first-order valence-corrected chi connectivity index (χ1v) is 6.43. The summed E-state index contributed by atoms with van der Waals surface area (Å²) in [6.07, 6.45) is 3.84. The van der Waals surface area contributed by atoms with E-state index in [4.69, 9.17) is 5.73 Å². The number of imidazole rings is 1. The lowest BCUT2D eigenvalue weighted by atomic mass is 9.98. The maximum absolute atomic E-state index is 5.86. The summed E-state index contributed by atoms with van der Waals surface area (Å²) >= 11 is 0. The molecule has 0 radical (unpaired) electrons. The Bertz CT molecular complexity index is 501. The van der Waals surface area contributed by atoms with Gasteiger partial charge in [0.2, 0.25) is 0 Å². The van der Waals surface area contributed by atoms with Gasteiger partial charge in [0.05, 0.1) is 17.4 Å². The van der Waals surface area contributed by atoms with E-state index in [2.05, 4.69) is 54.1 Å². The monoisotopic (exact) mass is 246 g/mol. The Balaban J connectivity index is 2.23. The van der Waals surface area contributed by atoms with Crippen molar-refractivity contribution < 1.29 is 0 Å². The highest BCUT2D eigenvalue weighted by Gasteiger charge is 2.15. The van der Waals surface area contributed by atoms with Gasteiger partial charge < -0.3 is 15.6 Å². The van der Waals surface area contributed by atoms with Crippen molar-refractivity contribution in [1.29, 1.82) is 0 Å². The van der Waals surface area contributed by atoms with Crippen LogP contribution in [0.4, 0.5) is 0 Å². The SMILES string of the molecule is CC(N)CCC(c1ccc2nc[nH]c2c1)N(C)C. The van der Waals surface area contributed by atoms with Crippen molar-refractivity contribution in [3.05, 3.63) is 30.1 Å². The summed E-state index contributed by atoms with van der Waals surface area (Å²) in [5, 5.41) is 0. The van der Waals surface area contributed by atoms with E-state index < -0.39 is 0 Å². The van der Waals surface area contributed by atoms with Crippen molar-refractivity contribution in [3.63, 3.8) is 0 Å². The molecule has 1 heterocycles. The van der Waals surface area contributed by atoms with Crippen molar-refractivity contribution in [3.8, 4) is 0 Å². The Morgan fingerprint density at radius 2 is 2.11 bits per heavy atom. The average Bonchev–Trinajstić information content (AvgIpc) is 2.75. The van der Waals surface area contributed by atoms with Crippen LogP contribution in [0.3, 0.4) is 0 Å². The fourth-order valence-corrected chi connectivity index (χ4v) is 2.30. The second kappa shape index (κ2) is 5.50. The van der Waals surface area contributed by atoms with Gasteiger partial charge >= 0.3 is 0 Å². The van der Waals surface area contributed by atoms with Crippen LogP contribution in [-0.2, 0) is 0 Å². The van der Waals surface area contributed by atoms with Gasteiger partial charge in [-0.1, -0.05) is 6.07 Å². The highest BCUT2D eigenvalue weighted by Crippen LogP contribution is 2.26. The first-order chi connectivity index (χ1) is 8.58. The van der Waals surface area contributed by atoms with Crippen LogP contribution < -0.4 is 5.73 Å². The molecule has 1 aromatic heterocycles. The van der Waals surface area contributed by atoms with E-state index in [1.54, 1.807) is 6.33 Å². The normalized spacial score (nSPS) is 15.2. The fraction of sp³-hybridized carbons (Fsp3) is 0.500. The Labute approximate surface area is 108 Å². The first-order valence-electron chi connectivity index (χ1n) is 6.43. The molecule has 0 fully saturated rings. The molecule has 0 amide bonds. The van der Waals surface area contributed by atoms with Crippen LogP contribution in [0.25, 0.3) is 11.0 Å². The molecule has 18 heavy (non-hydrogen) atoms. The Morgan fingerprint density at radius 3 is 2.78 bits per heavy atom. The third kappa shape index (κ3) is 2.89. The van der Waals surface area contributed by atoms with Gasteiger partial charge in [-0.2, -0.15) is 0 Å². The maximum Gasteiger partial charge on any atom is 0.0931 e. The summed E-state index contributed by atoms with van der Waals surface area (Å²) in [5.74, 6) is 0. The Kier molecular flexibility index (Phi) is 3.99. The number of nitrogens with two attached hydrogens (primary N) is 1.